The van der Waals surface area contributed by atoms with Gasteiger partial charge in [-0.2, -0.15) is 0 Å². The van der Waals surface area contributed by atoms with Crippen LogP contribution in [0.4, 0.5) is 0 Å². The number of nitrogens with zero attached hydrogens (tertiary/aromatic N) is 1. The number of likely N-dealkylation sites (tertiary alicyclic amines) is 1. The molecule has 0 unspecified atom stereocenters. The molecule has 1 aliphatic heterocycles. The summed E-state index contributed by atoms with van der Waals surface area (Å²) in [5.41, 5.74) is 2.60. The van der Waals surface area contributed by atoms with Gasteiger partial charge in [0.1, 0.15) is 11.6 Å². The number of amidine groups is 1. The maximum absolute atomic E-state index is 13.5. The monoisotopic (exact) mass is 530 g/mol. The summed E-state index contributed by atoms with van der Waals surface area (Å²) in [5, 5.41) is 19.8. The second-order valence-electron chi connectivity index (χ2n) is 11.2. The van der Waals surface area contributed by atoms with Gasteiger partial charge in [-0.15, -0.1) is 17.0 Å². The van der Waals surface area contributed by atoms with Crippen LogP contribution >= 0.6 is 17.0 Å². The smallest absolute Gasteiger partial charge is 0.182 e. The molecule has 2 atom stereocenters. The molecule has 1 heterocycles. The van der Waals surface area contributed by atoms with Crippen LogP contribution in [0.2, 0.25) is 0 Å². The second kappa shape index (κ2) is 10.6. The Morgan fingerprint density at radius 3 is 2.06 bits per heavy atom. The van der Waals surface area contributed by atoms with Gasteiger partial charge in [0.2, 0.25) is 0 Å². The topological polar surface area (TPSA) is 73.6 Å². The average molecular weight is 532 g/mol. The van der Waals surface area contributed by atoms with Crippen LogP contribution in [-0.2, 0) is 15.6 Å². The van der Waals surface area contributed by atoms with E-state index in [1.165, 1.54) is 0 Å². The van der Waals surface area contributed by atoms with Crippen molar-refractivity contribution in [1.82, 2.24) is 4.90 Å². The molecule has 2 N–H and O–H groups in total. The first-order chi connectivity index (χ1) is 15.3. The fraction of sp³-hybridized carbons (Fsp3) is 0.500. The average Bonchev–Trinajstić information content (AvgIpc) is 3.02. The number of phenolic OH excluding ortho intramolecular Hbond substituents is 1. The van der Waals surface area contributed by atoms with Crippen molar-refractivity contribution in [3.8, 4) is 5.75 Å². The van der Waals surface area contributed by atoms with E-state index in [2.05, 4.69) is 0 Å². The number of ketones is 1. The van der Waals surface area contributed by atoms with E-state index in [-0.39, 0.29) is 57.7 Å². The molecule has 6 heteroatoms. The maximum atomic E-state index is 13.5. The van der Waals surface area contributed by atoms with Crippen molar-refractivity contribution in [3.05, 3.63) is 64.7 Å². The molecule has 1 saturated heterocycles. The van der Waals surface area contributed by atoms with Crippen LogP contribution in [0.3, 0.4) is 0 Å². The third kappa shape index (κ3) is 5.89. The minimum absolute atomic E-state index is 0. The number of hydrogen-bond donors (Lipinski definition) is 2. The summed E-state index contributed by atoms with van der Waals surface area (Å²) in [5.74, 6) is 0.717. The van der Waals surface area contributed by atoms with Crippen molar-refractivity contribution in [1.29, 1.82) is 5.41 Å². The van der Waals surface area contributed by atoms with Crippen LogP contribution in [0.1, 0.15) is 74.5 Å². The van der Waals surface area contributed by atoms with Gasteiger partial charge in [0, 0.05) is 42.2 Å². The third-order valence-corrected chi connectivity index (χ3v) is 6.48. The summed E-state index contributed by atoms with van der Waals surface area (Å²) in [4.78, 5) is 15.4. The molecule has 0 radical (unpaired) electrons. The van der Waals surface area contributed by atoms with E-state index in [1.54, 1.807) is 7.11 Å². The Balaban J connectivity index is 0.00000408. The van der Waals surface area contributed by atoms with Crippen LogP contribution in [-0.4, -0.2) is 48.4 Å². The normalized spacial score (nSPS) is 18.7. The molecule has 0 spiro atoms. The zero-order chi connectivity index (χ0) is 24.6. The largest absolute Gasteiger partial charge is 0.507 e. The Labute approximate surface area is 214 Å². The number of aromatic hydroxyl groups is 1. The summed E-state index contributed by atoms with van der Waals surface area (Å²) in [6.45, 7) is 13.5. The zero-order valence-corrected chi connectivity index (χ0v) is 23.1. The van der Waals surface area contributed by atoms with Crippen LogP contribution < -0.4 is 0 Å². The van der Waals surface area contributed by atoms with Gasteiger partial charge in [-0.3, -0.25) is 10.2 Å². The summed E-state index contributed by atoms with van der Waals surface area (Å²) < 4.78 is 5.45. The molecule has 2 aromatic carbocycles. The first kappa shape index (κ1) is 28.1. The minimum Gasteiger partial charge on any atom is -0.507 e. The number of nitrogens with one attached hydrogen (secondary N) is 1. The molecule has 0 saturated carbocycles. The summed E-state index contributed by atoms with van der Waals surface area (Å²) >= 11 is 0. The highest BCUT2D eigenvalue weighted by Crippen LogP contribution is 2.40. The SMILES string of the molecule is Br.COC[C@H]1CN(CC(=O)c2cc(C(C)(C)C)c(O)c(C(C)(C)C)c2)C(=N)[C@@H]1c1ccccc1. The number of Topliss-reactive ketones (excluding diaryl/α,β-unsaturated/α-hetero) is 1. The van der Waals surface area contributed by atoms with E-state index in [1.807, 2.05) is 88.9 Å². The third-order valence-electron chi connectivity index (χ3n) is 6.48. The molecule has 2 aromatic rings. The first-order valence-corrected chi connectivity index (χ1v) is 11.6. The highest BCUT2D eigenvalue weighted by atomic mass is 79.9. The molecule has 5 nitrogen and oxygen atoms in total. The van der Waals surface area contributed by atoms with E-state index in [0.29, 0.717) is 24.6 Å². The van der Waals surface area contributed by atoms with E-state index in [4.69, 9.17) is 10.1 Å². The molecular formula is C28H39BrN2O3. The van der Waals surface area contributed by atoms with E-state index in [9.17, 15) is 9.90 Å². The predicted molar refractivity (Wildman–Crippen MR) is 144 cm³/mol. The number of methoxy groups -OCH3 is 1. The standard InChI is InChI=1S/C28H38N2O3.BrH/c1-27(2,3)21-13-19(14-22(25(21)32)28(4,5)6)23(31)16-30-15-20(17-33-7)24(26(30)29)18-11-9-8-10-12-18;/h8-14,20,24,29,32H,15-17H2,1-7H3;1H/t20-,24-;/m1./s1. The molecule has 34 heavy (non-hydrogen) atoms. The summed E-state index contributed by atoms with van der Waals surface area (Å²) in [6.07, 6.45) is 0. The lowest BCUT2D eigenvalue weighted by atomic mass is 9.78. The van der Waals surface area contributed by atoms with Crippen LogP contribution in [0.25, 0.3) is 0 Å². The number of benzene rings is 2. The van der Waals surface area contributed by atoms with Crippen LogP contribution in [0.15, 0.2) is 42.5 Å². The van der Waals surface area contributed by atoms with Gasteiger partial charge in [0.05, 0.1) is 13.2 Å². The van der Waals surface area contributed by atoms with Crippen molar-refractivity contribution in [2.24, 2.45) is 5.92 Å². The maximum Gasteiger partial charge on any atom is 0.182 e. The fourth-order valence-electron chi connectivity index (χ4n) is 4.71. The minimum atomic E-state index is -0.303. The molecule has 1 fully saturated rings. The van der Waals surface area contributed by atoms with Crippen molar-refractivity contribution >= 4 is 28.6 Å². The lowest BCUT2D eigenvalue weighted by Gasteiger charge is -2.28. The quantitative estimate of drug-likeness (QED) is 0.443. The molecule has 0 aliphatic carbocycles. The summed E-state index contributed by atoms with van der Waals surface area (Å²) in [6, 6.07) is 13.7. The number of carbonyl (C=O) groups is 1. The highest BCUT2D eigenvalue weighted by molar-refractivity contribution is 8.93. The number of rotatable bonds is 6. The fourth-order valence-corrected chi connectivity index (χ4v) is 4.71. The predicted octanol–water partition coefficient (Wildman–Crippen LogP) is 6.09. The van der Waals surface area contributed by atoms with Gasteiger partial charge in [0.15, 0.2) is 5.78 Å². The molecule has 1 aliphatic rings. The lowest BCUT2D eigenvalue weighted by Crippen LogP contribution is -2.32. The molecule has 0 aromatic heterocycles. The van der Waals surface area contributed by atoms with E-state index < -0.39 is 0 Å². The van der Waals surface area contributed by atoms with Crippen molar-refractivity contribution in [2.45, 2.75) is 58.3 Å². The van der Waals surface area contributed by atoms with E-state index >= 15 is 0 Å². The van der Waals surface area contributed by atoms with Gasteiger partial charge >= 0.3 is 0 Å². The first-order valence-electron chi connectivity index (χ1n) is 11.6. The Kier molecular flexibility index (Phi) is 8.76. The number of phenols is 1. The Morgan fingerprint density at radius 1 is 1.06 bits per heavy atom. The van der Waals surface area contributed by atoms with Gasteiger partial charge in [-0.1, -0.05) is 71.9 Å². The van der Waals surface area contributed by atoms with Crippen molar-refractivity contribution in [2.75, 3.05) is 26.8 Å². The Hall–Kier alpha value is -2.18. The molecular weight excluding hydrogens is 492 g/mol. The van der Waals surface area contributed by atoms with Gasteiger partial charge in [-0.05, 0) is 28.5 Å². The van der Waals surface area contributed by atoms with Crippen LogP contribution in [0, 0.1) is 11.3 Å². The molecule has 3 rings (SSSR count). The van der Waals surface area contributed by atoms with Crippen LogP contribution in [0.5, 0.6) is 5.75 Å². The molecule has 0 bridgehead atoms. The van der Waals surface area contributed by atoms with Crippen molar-refractivity contribution in [3.63, 3.8) is 0 Å². The van der Waals surface area contributed by atoms with Gasteiger partial charge in [0.25, 0.3) is 0 Å². The van der Waals surface area contributed by atoms with Gasteiger partial charge in [-0.25, -0.2) is 0 Å². The van der Waals surface area contributed by atoms with Crippen molar-refractivity contribution < 1.29 is 14.6 Å². The summed E-state index contributed by atoms with van der Waals surface area (Å²) in [7, 11) is 1.68. The number of ether oxygens (including phenoxy) is 1. The van der Waals surface area contributed by atoms with E-state index in [0.717, 1.165) is 16.7 Å². The number of carbonyl (C=O) groups excluding carboxylic acids is 1. The number of hydrogen-bond acceptors (Lipinski definition) is 4. The lowest BCUT2D eigenvalue weighted by molar-refractivity contribution is 0.0955. The number of halogens is 1. The van der Waals surface area contributed by atoms with Gasteiger partial charge < -0.3 is 14.7 Å². The zero-order valence-electron chi connectivity index (χ0n) is 21.4. The Bertz CT molecular complexity index is 987. The molecule has 186 valence electrons. The highest BCUT2D eigenvalue weighted by Gasteiger charge is 2.39. The second-order valence-corrected chi connectivity index (χ2v) is 11.2. The Morgan fingerprint density at radius 2 is 1.59 bits per heavy atom. The molecule has 0 amide bonds.